The Labute approximate surface area is 103 Å². The Hall–Kier alpha value is -1.35. The van der Waals surface area contributed by atoms with E-state index in [2.05, 4.69) is 0 Å². The van der Waals surface area contributed by atoms with Crippen LogP contribution >= 0.6 is 0 Å². The monoisotopic (exact) mass is 236 g/mol. The number of ketones is 1. The van der Waals surface area contributed by atoms with Crippen LogP contribution in [-0.4, -0.2) is 25.6 Å². The maximum Gasteiger partial charge on any atom is 0.162 e. The molecule has 0 fully saturated rings. The molecule has 0 radical (unpaired) electrons. The Bertz CT molecular complexity index is 383. The zero-order valence-corrected chi connectivity index (χ0v) is 10.9. The van der Waals surface area contributed by atoms with E-state index in [4.69, 9.17) is 9.47 Å². The van der Waals surface area contributed by atoms with Gasteiger partial charge in [-0.3, -0.25) is 4.79 Å². The summed E-state index contributed by atoms with van der Waals surface area (Å²) in [4.78, 5) is 11.7. The lowest BCUT2D eigenvalue weighted by molar-refractivity contribution is -0.124. The van der Waals surface area contributed by atoms with Crippen LogP contribution in [0.4, 0.5) is 0 Å². The van der Waals surface area contributed by atoms with Gasteiger partial charge in [-0.15, -0.1) is 0 Å². The summed E-state index contributed by atoms with van der Waals surface area (Å²) >= 11 is 0. The summed E-state index contributed by atoms with van der Waals surface area (Å²) in [5.74, 6) is 0.830. The van der Waals surface area contributed by atoms with Crippen molar-refractivity contribution < 1.29 is 14.3 Å². The fourth-order valence-electron chi connectivity index (χ4n) is 1.57. The zero-order valence-electron chi connectivity index (χ0n) is 10.9. The molecule has 0 aliphatic carbocycles. The second-order valence-electron chi connectivity index (χ2n) is 4.39. The van der Waals surface area contributed by atoms with E-state index in [0.717, 1.165) is 16.9 Å². The summed E-state index contributed by atoms with van der Waals surface area (Å²) in [6.07, 6.45) is 0.441. The minimum absolute atomic E-state index is 0.0719. The van der Waals surface area contributed by atoms with Gasteiger partial charge in [-0.05, 0) is 26.8 Å². The summed E-state index contributed by atoms with van der Waals surface area (Å²) in [6, 6.07) is 5.84. The second-order valence-corrected chi connectivity index (χ2v) is 4.39. The highest BCUT2D eigenvalue weighted by Crippen LogP contribution is 2.20. The molecule has 0 bridgehead atoms. The van der Waals surface area contributed by atoms with Gasteiger partial charge in [0.05, 0.1) is 13.2 Å². The van der Waals surface area contributed by atoms with E-state index < -0.39 is 0 Å². The normalized spacial score (nSPS) is 10.6. The van der Waals surface area contributed by atoms with Gasteiger partial charge in [-0.2, -0.15) is 0 Å². The van der Waals surface area contributed by atoms with Crippen molar-refractivity contribution in [2.24, 2.45) is 0 Å². The number of ether oxygens (including phenoxy) is 2. The molecule has 0 N–H and O–H groups in total. The van der Waals surface area contributed by atoms with Crippen LogP contribution in [-0.2, 0) is 16.0 Å². The van der Waals surface area contributed by atoms with E-state index in [1.165, 1.54) is 0 Å². The van der Waals surface area contributed by atoms with Crippen molar-refractivity contribution in [2.45, 2.75) is 33.3 Å². The maximum absolute atomic E-state index is 11.7. The molecule has 3 heteroatoms. The first-order valence-electron chi connectivity index (χ1n) is 5.79. The number of methoxy groups -OCH3 is 1. The molecule has 1 rings (SSSR count). The molecule has 3 nitrogen and oxygen atoms in total. The number of rotatable bonds is 6. The number of benzene rings is 1. The van der Waals surface area contributed by atoms with Crippen LogP contribution in [0, 0.1) is 6.92 Å². The average Bonchev–Trinajstić information content (AvgIpc) is 2.27. The van der Waals surface area contributed by atoms with Crippen molar-refractivity contribution in [1.29, 1.82) is 0 Å². The standard InChI is InChI=1S/C14H20O3/c1-10(2)17-9-13(15)8-12-7-11(3)5-6-14(12)16-4/h5-7,10H,8-9H2,1-4H3. The average molecular weight is 236 g/mol. The van der Waals surface area contributed by atoms with Crippen LogP contribution in [0.15, 0.2) is 18.2 Å². The molecule has 94 valence electrons. The molecule has 0 saturated heterocycles. The summed E-state index contributed by atoms with van der Waals surface area (Å²) in [7, 11) is 1.61. The van der Waals surface area contributed by atoms with Gasteiger partial charge in [-0.1, -0.05) is 17.7 Å². The minimum Gasteiger partial charge on any atom is -0.496 e. The Kier molecular flexibility index (Phi) is 5.16. The van der Waals surface area contributed by atoms with Crippen LogP contribution in [0.5, 0.6) is 5.75 Å². The minimum atomic E-state index is 0.0719. The third-order valence-electron chi connectivity index (χ3n) is 2.40. The van der Waals surface area contributed by atoms with Crippen molar-refractivity contribution >= 4 is 5.78 Å². The Balaban J connectivity index is 2.66. The maximum atomic E-state index is 11.7. The van der Waals surface area contributed by atoms with Crippen LogP contribution in [0.25, 0.3) is 0 Å². The van der Waals surface area contributed by atoms with E-state index in [0.29, 0.717) is 6.42 Å². The predicted molar refractivity (Wildman–Crippen MR) is 67.5 cm³/mol. The number of hydrogen-bond donors (Lipinski definition) is 0. The van der Waals surface area contributed by atoms with Gasteiger partial charge < -0.3 is 9.47 Å². The Morgan fingerprint density at radius 1 is 1.35 bits per heavy atom. The highest BCUT2D eigenvalue weighted by molar-refractivity contribution is 5.82. The summed E-state index contributed by atoms with van der Waals surface area (Å²) in [5.41, 5.74) is 2.04. The molecule has 0 aliphatic heterocycles. The summed E-state index contributed by atoms with van der Waals surface area (Å²) in [6.45, 7) is 5.99. The molecule has 1 aromatic rings. The van der Waals surface area contributed by atoms with Crippen LogP contribution in [0.2, 0.25) is 0 Å². The zero-order chi connectivity index (χ0) is 12.8. The van der Waals surface area contributed by atoms with Gasteiger partial charge in [0.15, 0.2) is 5.78 Å². The first-order chi connectivity index (χ1) is 8.02. The Morgan fingerprint density at radius 2 is 2.06 bits per heavy atom. The molecule has 0 amide bonds. The highest BCUT2D eigenvalue weighted by atomic mass is 16.5. The number of carbonyl (C=O) groups excluding carboxylic acids is 1. The lowest BCUT2D eigenvalue weighted by Gasteiger charge is -2.10. The quantitative estimate of drug-likeness (QED) is 0.761. The van der Waals surface area contributed by atoms with Gasteiger partial charge in [0, 0.05) is 12.0 Å². The smallest absolute Gasteiger partial charge is 0.162 e. The lowest BCUT2D eigenvalue weighted by Crippen LogP contribution is -2.15. The topological polar surface area (TPSA) is 35.5 Å². The fourth-order valence-corrected chi connectivity index (χ4v) is 1.57. The van der Waals surface area contributed by atoms with E-state index in [9.17, 15) is 4.79 Å². The van der Waals surface area contributed by atoms with Gasteiger partial charge >= 0.3 is 0 Å². The van der Waals surface area contributed by atoms with Crippen LogP contribution in [0.1, 0.15) is 25.0 Å². The third kappa shape index (κ3) is 4.57. The first-order valence-corrected chi connectivity index (χ1v) is 5.79. The van der Waals surface area contributed by atoms with Gasteiger partial charge in [0.2, 0.25) is 0 Å². The molecular weight excluding hydrogens is 216 g/mol. The van der Waals surface area contributed by atoms with Crippen LogP contribution in [0.3, 0.4) is 0 Å². The molecule has 0 atom stereocenters. The van der Waals surface area contributed by atoms with Crippen molar-refractivity contribution in [1.82, 2.24) is 0 Å². The molecule has 17 heavy (non-hydrogen) atoms. The van der Waals surface area contributed by atoms with Gasteiger partial charge in [-0.25, -0.2) is 0 Å². The first kappa shape index (κ1) is 13.7. The SMILES string of the molecule is COc1ccc(C)cc1CC(=O)COC(C)C. The number of aryl methyl sites for hydroxylation is 1. The molecule has 0 aliphatic rings. The van der Waals surface area contributed by atoms with Crippen molar-refractivity contribution in [3.05, 3.63) is 29.3 Å². The van der Waals surface area contributed by atoms with E-state index >= 15 is 0 Å². The van der Waals surface area contributed by atoms with Crippen molar-refractivity contribution in [2.75, 3.05) is 13.7 Å². The fraction of sp³-hybridized carbons (Fsp3) is 0.500. The summed E-state index contributed by atoms with van der Waals surface area (Å²) < 4.78 is 10.5. The second kappa shape index (κ2) is 6.40. The molecule has 0 aromatic heterocycles. The molecule has 0 spiro atoms. The van der Waals surface area contributed by atoms with E-state index in [1.54, 1.807) is 7.11 Å². The molecule has 0 unspecified atom stereocenters. The summed E-state index contributed by atoms with van der Waals surface area (Å²) in [5, 5.41) is 0. The molecule has 0 saturated carbocycles. The molecule has 0 heterocycles. The number of hydrogen-bond acceptors (Lipinski definition) is 3. The van der Waals surface area contributed by atoms with Crippen molar-refractivity contribution in [3.8, 4) is 5.75 Å². The van der Waals surface area contributed by atoms with E-state index in [-0.39, 0.29) is 18.5 Å². The largest absolute Gasteiger partial charge is 0.496 e. The number of Topliss-reactive ketones (excluding diaryl/α,β-unsaturated/α-hetero) is 1. The van der Waals surface area contributed by atoms with Crippen molar-refractivity contribution in [3.63, 3.8) is 0 Å². The highest BCUT2D eigenvalue weighted by Gasteiger charge is 2.10. The Morgan fingerprint density at radius 3 is 2.65 bits per heavy atom. The number of carbonyl (C=O) groups is 1. The molecule has 1 aromatic carbocycles. The van der Waals surface area contributed by atoms with Crippen LogP contribution < -0.4 is 4.74 Å². The van der Waals surface area contributed by atoms with Gasteiger partial charge in [0.25, 0.3) is 0 Å². The van der Waals surface area contributed by atoms with E-state index in [1.807, 2.05) is 39.0 Å². The lowest BCUT2D eigenvalue weighted by atomic mass is 10.1. The third-order valence-corrected chi connectivity index (χ3v) is 2.40. The molecular formula is C14H20O3. The predicted octanol–water partition coefficient (Wildman–Crippen LogP) is 2.54. The van der Waals surface area contributed by atoms with Gasteiger partial charge in [0.1, 0.15) is 12.4 Å².